The highest BCUT2D eigenvalue weighted by Crippen LogP contribution is 2.21. The fourth-order valence-electron chi connectivity index (χ4n) is 3.18. The molecule has 0 fully saturated rings. The zero-order chi connectivity index (χ0) is 23.1. The van der Waals surface area contributed by atoms with Gasteiger partial charge in [-0.3, -0.25) is 4.79 Å². The molecule has 0 aliphatic rings. The summed E-state index contributed by atoms with van der Waals surface area (Å²) in [7, 11) is -3.64. The summed E-state index contributed by atoms with van der Waals surface area (Å²) in [4.78, 5) is 12.5. The molecular formula is C22H24N6O3S. The van der Waals surface area contributed by atoms with Crippen molar-refractivity contribution in [2.45, 2.75) is 24.7 Å². The van der Waals surface area contributed by atoms with E-state index < -0.39 is 10.0 Å². The van der Waals surface area contributed by atoms with Crippen LogP contribution in [0.1, 0.15) is 35.0 Å². The van der Waals surface area contributed by atoms with Crippen molar-refractivity contribution in [3.8, 4) is 11.8 Å². The normalized spacial score (nSPS) is 11.1. The first-order valence-electron chi connectivity index (χ1n) is 10.1. The van der Waals surface area contributed by atoms with Gasteiger partial charge in [0.15, 0.2) is 0 Å². The molecule has 32 heavy (non-hydrogen) atoms. The lowest BCUT2D eigenvalue weighted by atomic mass is 10.1. The highest BCUT2D eigenvalue weighted by molar-refractivity contribution is 7.89. The van der Waals surface area contributed by atoms with E-state index in [4.69, 9.17) is 5.73 Å². The molecule has 0 atom stereocenters. The van der Waals surface area contributed by atoms with Crippen molar-refractivity contribution in [1.82, 2.24) is 19.8 Å². The maximum absolute atomic E-state index is 12.4. The lowest BCUT2D eigenvalue weighted by molar-refractivity contribution is 0.0953. The minimum atomic E-state index is -3.64. The molecule has 0 aliphatic carbocycles. The second kappa shape index (κ2) is 10.1. The number of sulfonamides is 1. The molecule has 0 spiro atoms. The number of para-hydroxylation sites is 1. The van der Waals surface area contributed by atoms with Crippen molar-refractivity contribution in [3.63, 3.8) is 0 Å². The van der Waals surface area contributed by atoms with Crippen molar-refractivity contribution >= 4 is 21.7 Å². The van der Waals surface area contributed by atoms with Crippen molar-refractivity contribution in [2.75, 3.05) is 18.8 Å². The number of nitrogen functional groups attached to an aromatic ring is 1. The van der Waals surface area contributed by atoms with Gasteiger partial charge < -0.3 is 11.1 Å². The first-order chi connectivity index (χ1) is 15.4. The van der Waals surface area contributed by atoms with Crippen LogP contribution in [0.5, 0.6) is 0 Å². The molecule has 2 aromatic carbocycles. The minimum absolute atomic E-state index is 0.0348. The van der Waals surface area contributed by atoms with Gasteiger partial charge in [-0.05, 0) is 43.2 Å². The third-order valence-electron chi connectivity index (χ3n) is 4.72. The average molecular weight is 453 g/mol. The number of nitrogens with two attached hydrogens (primary N) is 1. The summed E-state index contributed by atoms with van der Waals surface area (Å²) in [6.07, 6.45) is 0.975. The third-order valence-corrected chi connectivity index (χ3v) is 6.27. The topological polar surface area (TPSA) is 143 Å². The van der Waals surface area contributed by atoms with Crippen molar-refractivity contribution in [1.29, 1.82) is 5.26 Å². The van der Waals surface area contributed by atoms with E-state index in [2.05, 4.69) is 21.2 Å². The SMILES string of the molecule is CCNS(=O)(=O)c1cccc(C(=O)NCCCc2nn(-c3ccccc3)c(N)c2C#N)c1. The zero-order valence-corrected chi connectivity index (χ0v) is 18.4. The second-order valence-corrected chi connectivity index (χ2v) is 8.72. The molecule has 0 aliphatic heterocycles. The largest absolute Gasteiger partial charge is 0.382 e. The van der Waals surface area contributed by atoms with Crippen LogP contribution in [0.4, 0.5) is 5.82 Å². The summed E-state index contributed by atoms with van der Waals surface area (Å²) < 4.78 is 28.2. The number of aryl methyl sites for hydroxylation is 1. The zero-order valence-electron chi connectivity index (χ0n) is 17.6. The Morgan fingerprint density at radius 3 is 2.62 bits per heavy atom. The number of nitrogens with zero attached hydrogens (tertiary/aromatic N) is 3. The molecule has 10 heteroatoms. The molecule has 3 aromatic rings. The maximum atomic E-state index is 12.4. The summed E-state index contributed by atoms with van der Waals surface area (Å²) in [5.41, 5.74) is 7.99. The Hall–Kier alpha value is -3.68. The van der Waals surface area contributed by atoms with Gasteiger partial charge in [-0.15, -0.1) is 0 Å². The van der Waals surface area contributed by atoms with Crippen LogP contribution in [0.2, 0.25) is 0 Å². The summed E-state index contributed by atoms with van der Waals surface area (Å²) in [6, 6.07) is 17.2. The van der Waals surface area contributed by atoms with Crippen molar-refractivity contribution in [2.24, 2.45) is 0 Å². The maximum Gasteiger partial charge on any atom is 0.251 e. The van der Waals surface area contributed by atoms with Gasteiger partial charge >= 0.3 is 0 Å². The van der Waals surface area contributed by atoms with E-state index in [1.165, 1.54) is 22.9 Å². The Bertz CT molecular complexity index is 1250. The third kappa shape index (κ3) is 5.14. The molecule has 3 rings (SSSR count). The molecule has 0 unspecified atom stereocenters. The molecule has 166 valence electrons. The molecule has 0 bridgehead atoms. The Balaban J connectivity index is 1.63. The van der Waals surface area contributed by atoms with Crippen molar-refractivity contribution < 1.29 is 13.2 Å². The molecule has 1 amide bonds. The Labute approximate surface area is 186 Å². The predicted octanol–water partition coefficient (Wildman–Crippen LogP) is 1.99. The van der Waals surface area contributed by atoms with Gasteiger partial charge in [0.2, 0.25) is 10.0 Å². The number of hydrogen-bond donors (Lipinski definition) is 3. The van der Waals surface area contributed by atoms with Gasteiger partial charge in [0.1, 0.15) is 17.5 Å². The van der Waals surface area contributed by atoms with E-state index in [-0.39, 0.29) is 28.7 Å². The van der Waals surface area contributed by atoms with Gasteiger partial charge in [0.05, 0.1) is 16.3 Å². The molecule has 4 N–H and O–H groups in total. The fraction of sp³-hybridized carbons (Fsp3) is 0.227. The average Bonchev–Trinajstić information content (AvgIpc) is 3.12. The van der Waals surface area contributed by atoms with E-state index in [1.54, 1.807) is 13.0 Å². The molecule has 1 heterocycles. The van der Waals surface area contributed by atoms with E-state index in [0.717, 1.165) is 5.69 Å². The number of rotatable bonds is 9. The van der Waals surface area contributed by atoms with Gasteiger partial charge in [-0.1, -0.05) is 31.2 Å². The lowest BCUT2D eigenvalue weighted by Gasteiger charge is -2.08. The number of aromatic nitrogens is 2. The molecule has 0 saturated carbocycles. The standard InChI is InChI=1S/C22H24N6O3S/c1-2-26-32(30,31)18-11-6-8-16(14-18)22(29)25-13-7-12-20-19(15-23)21(24)28(27-20)17-9-4-3-5-10-17/h3-6,8-11,14,26H,2,7,12-13,24H2,1H3,(H,25,29). The Kier molecular flexibility index (Phi) is 7.25. The second-order valence-electron chi connectivity index (χ2n) is 6.95. The number of carbonyl (C=O) groups excluding carboxylic acids is 1. The van der Waals surface area contributed by atoms with Gasteiger partial charge in [-0.25, -0.2) is 17.8 Å². The van der Waals surface area contributed by atoms with Crippen LogP contribution in [-0.4, -0.2) is 37.2 Å². The van der Waals surface area contributed by atoms with E-state index in [1.807, 2.05) is 30.3 Å². The molecule has 0 saturated heterocycles. The highest BCUT2D eigenvalue weighted by atomic mass is 32.2. The van der Waals surface area contributed by atoms with Crippen LogP contribution in [0.3, 0.4) is 0 Å². The van der Waals surface area contributed by atoms with Crippen LogP contribution in [0.25, 0.3) is 5.69 Å². The molecule has 0 radical (unpaired) electrons. The summed E-state index contributed by atoms with van der Waals surface area (Å²) >= 11 is 0. The lowest BCUT2D eigenvalue weighted by Crippen LogP contribution is -2.26. The number of nitriles is 1. The quantitative estimate of drug-likeness (QED) is 0.424. The molecule has 9 nitrogen and oxygen atoms in total. The fourth-order valence-corrected chi connectivity index (χ4v) is 4.27. The Morgan fingerprint density at radius 1 is 1.19 bits per heavy atom. The number of benzene rings is 2. The first kappa shape index (κ1) is 23.0. The van der Waals surface area contributed by atoms with Crippen LogP contribution in [0.15, 0.2) is 59.5 Å². The van der Waals surface area contributed by atoms with Gasteiger partial charge in [0, 0.05) is 18.7 Å². The molecule has 1 aromatic heterocycles. The predicted molar refractivity (Wildman–Crippen MR) is 121 cm³/mol. The Morgan fingerprint density at radius 2 is 1.94 bits per heavy atom. The number of hydrogen-bond acceptors (Lipinski definition) is 6. The number of nitrogens with one attached hydrogen (secondary N) is 2. The first-order valence-corrected chi connectivity index (χ1v) is 11.6. The monoisotopic (exact) mass is 452 g/mol. The van der Waals surface area contributed by atoms with Gasteiger partial charge in [-0.2, -0.15) is 10.4 Å². The van der Waals surface area contributed by atoms with E-state index in [9.17, 15) is 18.5 Å². The van der Waals surface area contributed by atoms with Gasteiger partial charge in [0.25, 0.3) is 5.91 Å². The van der Waals surface area contributed by atoms with Crippen LogP contribution in [-0.2, 0) is 16.4 Å². The van der Waals surface area contributed by atoms with Crippen LogP contribution in [0, 0.1) is 11.3 Å². The molecular weight excluding hydrogens is 428 g/mol. The number of anilines is 1. The van der Waals surface area contributed by atoms with Crippen molar-refractivity contribution in [3.05, 3.63) is 71.4 Å². The van der Waals surface area contributed by atoms with E-state index >= 15 is 0 Å². The summed E-state index contributed by atoms with van der Waals surface area (Å²) in [6.45, 7) is 2.27. The summed E-state index contributed by atoms with van der Waals surface area (Å²) in [5.74, 6) is -0.107. The smallest absolute Gasteiger partial charge is 0.251 e. The van der Waals surface area contributed by atoms with E-state index in [0.29, 0.717) is 30.6 Å². The number of amides is 1. The summed E-state index contributed by atoms with van der Waals surface area (Å²) in [5, 5.41) is 16.7. The minimum Gasteiger partial charge on any atom is -0.382 e. The highest BCUT2D eigenvalue weighted by Gasteiger charge is 2.17. The van der Waals surface area contributed by atoms with Crippen LogP contribution >= 0.6 is 0 Å². The number of carbonyl (C=O) groups is 1. The van der Waals surface area contributed by atoms with Crippen LogP contribution < -0.4 is 15.8 Å².